The van der Waals surface area contributed by atoms with Crippen LogP contribution in [0.4, 0.5) is 0 Å². The number of methoxy groups -OCH3 is 1. The molecule has 2 fully saturated rings. The number of hydrogen-bond acceptors (Lipinski definition) is 4. The highest BCUT2D eigenvalue weighted by molar-refractivity contribution is 5.81. The van der Waals surface area contributed by atoms with E-state index in [-0.39, 0.29) is 11.9 Å². The number of nitrogens with two attached hydrogens (primary N) is 1. The summed E-state index contributed by atoms with van der Waals surface area (Å²) in [6, 6.07) is 0.325. The maximum absolute atomic E-state index is 12.3. The lowest BCUT2D eigenvalue weighted by Crippen LogP contribution is -2.51. The molecule has 2 saturated heterocycles. The fourth-order valence-electron chi connectivity index (χ4n) is 3.54. The number of ether oxygens (including phenoxy) is 1. The lowest BCUT2D eigenvalue weighted by molar-refractivity contribution is -0.134. The number of carbonyl (C=O) groups excluding carboxylic acids is 1. The van der Waals surface area contributed by atoms with Crippen molar-refractivity contribution in [3.05, 3.63) is 0 Å². The molecule has 2 aliphatic heterocycles. The van der Waals surface area contributed by atoms with E-state index in [0.29, 0.717) is 12.6 Å². The molecule has 5 nitrogen and oxygen atoms in total. The molecule has 1 atom stereocenters. The minimum atomic E-state index is -0.355. The number of likely N-dealkylation sites (tertiary alicyclic amines) is 2. The highest BCUT2D eigenvalue weighted by Gasteiger charge is 2.29. The Labute approximate surface area is 128 Å². The first-order valence-corrected chi connectivity index (χ1v) is 8.49. The summed E-state index contributed by atoms with van der Waals surface area (Å²) in [4.78, 5) is 16.9. The quantitative estimate of drug-likeness (QED) is 0.749. The number of rotatable bonds is 6. The minimum absolute atomic E-state index is 0.128. The second-order valence-corrected chi connectivity index (χ2v) is 6.39. The molecule has 2 N–H and O–H groups in total. The second kappa shape index (κ2) is 8.71. The van der Waals surface area contributed by atoms with Gasteiger partial charge in [0.15, 0.2) is 0 Å². The van der Waals surface area contributed by atoms with Crippen molar-refractivity contribution in [2.24, 2.45) is 5.73 Å². The fourth-order valence-corrected chi connectivity index (χ4v) is 3.54. The van der Waals surface area contributed by atoms with E-state index in [0.717, 1.165) is 38.8 Å². The average molecular weight is 297 g/mol. The Bertz CT molecular complexity index is 311. The van der Waals surface area contributed by atoms with E-state index < -0.39 is 0 Å². The predicted molar refractivity (Wildman–Crippen MR) is 84.1 cm³/mol. The Hall–Kier alpha value is -0.650. The normalized spacial score (nSPS) is 23.2. The van der Waals surface area contributed by atoms with Gasteiger partial charge in [0.2, 0.25) is 5.91 Å². The van der Waals surface area contributed by atoms with Crippen LogP contribution < -0.4 is 5.73 Å². The number of piperidine rings is 2. The zero-order valence-electron chi connectivity index (χ0n) is 13.4. The summed E-state index contributed by atoms with van der Waals surface area (Å²) in [6.07, 6.45) is 7.84. The lowest BCUT2D eigenvalue weighted by Gasteiger charge is -2.40. The molecule has 0 spiro atoms. The number of amides is 1. The van der Waals surface area contributed by atoms with Gasteiger partial charge in [0.25, 0.3) is 0 Å². The molecule has 21 heavy (non-hydrogen) atoms. The molecule has 2 aliphatic rings. The molecular formula is C16H31N3O2. The number of carbonyl (C=O) groups is 1. The summed E-state index contributed by atoms with van der Waals surface area (Å²) >= 11 is 0. The zero-order chi connectivity index (χ0) is 15.1. The summed E-state index contributed by atoms with van der Waals surface area (Å²) in [5.41, 5.74) is 6.01. The van der Waals surface area contributed by atoms with Gasteiger partial charge in [-0.3, -0.25) is 4.79 Å². The van der Waals surface area contributed by atoms with Crippen molar-refractivity contribution in [2.75, 3.05) is 39.9 Å². The first kappa shape index (κ1) is 16.7. The van der Waals surface area contributed by atoms with Crippen LogP contribution in [-0.2, 0) is 9.53 Å². The third-order valence-electron chi connectivity index (χ3n) is 4.86. The molecule has 0 aromatic carbocycles. The molecule has 2 rings (SSSR count). The highest BCUT2D eigenvalue weighted by atomic mass is 16.5. The van der Waals surface area contributed by atoms with Gasteiger partial charge < -0.3 is 20.3 Å². The van der Waals surface area contributed by atoms with Crippen LogP contribution in [0.3, 0.4) is 0 Å². The Morgan fingerprint density at radius 2 is 1.86 bits per heavy atom. The van der Waals surface area contributed by atoms with E-state index in [9.17, 15) is 4.79 Å². The highest BCUT2D eigenvalue weighted by Crippen LogP contribution is 2.21. The third-order valence-corrected chi connectivity index (χ3v) is 4.86. The summed E-state index contributed by atoms with van der Waals surface area (Å²) in [5.74, 6) is 0.128. The fraction of sp³-hybridized carbons (Fsp3) is 0.938. The maximum atomic E-state index is 12.3. The van der Waals surface area contributed by atoms with E-state index in [2.05, 4.69) is 4.90 Å². The predicted octanol–water partition coefficient (Wildman–Crippen LogP) is 1.22. The van der Waals surface area contributed by atoms with Crippen LogP contribution in [0.2, 0.25) is 0 Å². The van der Waals surface area contributed by atoms with E-state index in [4.69, 9.17) is 10.5 Å². The van der Waals surface area contributed by atoms with E-state index in [1.165, 1.54) is 32.4 Å². The van der Waals surface area contributed by atoms with Crippen LogP contribution >= 0.6 is 0 Å². The smallest absolute Gasteiger partial charge is 0.239 e. The molecular weight excluding hydrogens is 266 g/mol. The van der Waals surface area contributed by atoms with Crippen molar-refractivity contribution >= 4 is 5.91 Å². The van der Waals surface area contributed by atoms with Gasteiger partial charge in [0.1, 0.15) is 0 Å². The molecule has 0 bridgehead atoms. The largest absolute Gasteiger partial charge is 0.385 e. The van der Waals surface area contributed by atoms with Crippen LogP contribution in [0.25, 0.3) is 0 Å². The first-order chi connectivity index (χ1) is 10.2. The van der Waals surface area contributed by atoms with Crippen LogP contribution in [-0.4, -0.2) is 67.7 Å². The van der Waals surface area contributed by atoms with Gasteiger partial charge in [0.05, 0.1) is 6.04 Å². The maximum Gasteiger partial charge on any atom is 0.239 e. The van der Waals surface area contributed by atoms with Gasteiger partial charge in [-0.2, -0.15) is 0 Å². The summed E-state index contributed by atoms with van der Waals surface area (Å²) in [6.45, 7) is 4.91. The van der Waals surface area contributed by atoms with Gasteiger partial charge >= 0.3 is 0 Å². The van der Waals surface area contributed by atoms with Crippen LogP contribution in [0.5, 0.6) is 0 Å². The number of hydrogen-bond donors (Lipinski definition) is 1. The Kier molecular flexibility index (Phi) is 6.93. The average Bonchev–Trinajstić information content (AvgIpc) is 2.55. The van der Waals surface area contributed by atoms with Gasteiger partial charge in [-0.05, 0) is 51.6 Å². The molecule has 2 heterocycles. The van der Waals surface area contributed by atoms with Gasteiger partial charge in [-0.1, -0.05) is 6.42 Å². The molecule has 0 saturated carbocycles. The molecule has 122 valence electrons. The molecule has 5 heteroatoms. The van der Waals surface area contributed by atoms with Crippen molar-refractivity contribution in [2.45, 2.75) is 57.0 Å². The van der Waals surface area contributed by atoms with Crippen molar-refractivity contribution in [1.29, 1.82) is 0 Å². The van der Waals surface area contributed by atoms with Gasteiger partial charge in [-0.15, -0.1) is 0 Å². The first-order valence-electron chi connectivity index (χ1n) is 8.49. The molecule has 0 aromatic rings. The zero-order valence-corrected chi connectivity index (χ0v) is 13.4. The minimum Gasteiger partial charge on any atom is -0.385 e. The Morgan fingerprint density at radius 1 is 1.19 bits per heavy atom. The molecule has 0 aliphatic carbocycles. The van der Waals surface area contributed by atoms with Crippen LogP contribution in [0, 0.1) is 0 Å². The summed E-state index contributed by atoms with van der Waals surface area (Å²) < 4.78 is 5.01. The van der Waals surface area contributed by atoms with Crippen molar-refractivity contribution in [3.63, 3.8) is 0 Å². The Morgan fingerprint density at radius 3 is 2.48 bits per heavy atom. The second-order valence-electron chi connectivity index (χ2n) is 6.39. The lowest BCUT2D eigenvalue weighted by atomic mass is 9.99. The topological polar surface area (TPSA) is 58.8 Å². The van der Waals surface area contributed by atoms with Crippen molar-refractivity contribution in [1.82, 2.24) is 9.80 Å². The van der Waals surface area contributed by atoms with Crippen molar-refractivity contribution in [3.8, 4) is 0 Å². The van der Waals surface area contributed by atoms with E-state index in [1.807, 2.05) is 4.90 Å². The standard InChI is InChI=1S/C16H31N3O2/c1-21-13-5-6-15(17)16(20)19-11-7-14(8-12-19)18-9-3-2-4-10-18/h14-15H,2-13,17H2,1H3. The van der Waals surface area contributed by atoms with E-state index >= 15 is 0 Å². The Balaban J connectivity index is 1.71. The van der Waals surface area contributed by atoms with Gasteiger partial charge in [-0.25, -0.2) is 0 Å². The van der Waals surface area contributed by atoms with E-state index in [1.54, 1.807) is 7.11 Å². The number of nitrogens with zero attached hydrogens (tertiary/aromatic N) is 2. The molecule has 0 aromatic heterocycles. The SMILES string of the molecule is COCCCC(N)C(=O)N1CCC(N2CCCCC2)CC1. The van der Waals surface area contributed by atoms with Crippen LogP contribution in [0.15, 0.2) is 0 Å². The summed E-state index contributed by atoms with van der Waals surface area (Å²) in [5, 5.41) is 0. The molecule has 0 radical (unpaired) electrons. The molecule has 1 amide bonds. The monoisotopic (exact) mass is 297 g/mol. The summed E-state index contributed by atoms with van der Waals surface area (Å²) in [7, 11) is 1.68. The van der Waals surface area contributed by atoms with Gasteiger partial charge in [0, 0.05) is 32.8 Å². The third kappa shape index (κ3) is 4.94. The molecule has 1 unspecified atom stereocenters. The van der Waals surface area contributed by atoms with Crippen molar-refractivity contribution < 1.29 is 9.53 Å². The van der Waals surface area contributed by atoms with Crippen LogP contribution in [0.1, 0.15) is 44.9 Å².